The van der Waals surface area contributed by atoms with E-state index in [-0.39, 0.29) is 22.9 Å². The highest BCUT2D eigenvalue weighted by atomic mass is 32.2. The van der Waals surface area contributed by atoms with Gasteiger partial charge in [-0.25, -0.2) is 0 Å². The SMILES string of the molecule is COc1ccc(S[C@@H]2C[C@@H](C(=O)Nc3ccc4nccnc4c3)N(Cc3cccc(O)c3)C2)cc1. The molecule has 0 unspecified atom stereocenters. The molecule has 5 rings (SSSR count). The molecule has 7 nitrogen and oxygen atoms in total. The largest absolute Gasteiger partial charge is 0.508 e. The number of nitrogens with zero attached hydrogens (tertiary/aromatic N) is 3. The maximum atomic E-state index is 13.4. The van der Waals surface area contributed by atoms with Crippen LogP contribution >= 0.6 is 11.8 Å². The van der Waals surface area contributed by atoms with E-state index in [1.54, 1.807) is 43.4 Å². The lowest BCUT2D eigenvalue weighted by atomic mass is 10.1. The van der Waals surface area contributed by atoms with Gasteiger partial charge in [-0.3, -0.25) is 19.7 Å². The standard InChI is InChI=1S/C27H26N4O3S/c1-34-21-6-8-22(9-7-21)35-23-15-26(31(17-23)16-18-3-2-4-20(32)13-18)27(33)30-19-5-10-24-25(14-19)29-12-11-28-24/h2-14,23,26,32H,15-17H2,1H3,(H,30,33)/t23-,26+/m1/s1. The lowest BCUT2D eigenvalue weighted by molar-refractivity contribution is -0.120. The lowest BCUT2D eigenvalue weighted by Gasteiger charge is -2.23. The second-order valence-corrected chi connectivity index (χ2v) is 9.89. The number of rotatable bonds is 7. The lowest BCUT2D eigenvalue weighted by Crippen LogP contribution is -2.39. The Morgan fingerprint density at radius 3 is 2.66 bits per heavy atom. The number of phenols is 1. The van der Waals surface area contributed by atoms with Gasteiger partial charge in [0.1, 0.15) is 11.5 Å². The zero-order chi connectivity index (χ0) is 24.2. The highest BCUT2D eigenvalue weighted by Crippen LogP contribution is 2.35. The normalized spacial score (nSPS) is 18.0. The van der Waals surface area contributed by atoms with Gasteiger partial charge in [0.2, 0.25) is 5.91 Å². The zero-order valence-electron chi connectivity index (χ0n) is 19.3. The molecule has 0 saturated carbocycles. The Kier molecular flexibility index (Phi) is 6.83. The number of anilines is 1. The maximum absolute atomic E-state index is 13.4. The molecule has 1 aliphatic heterocycles. The minimum absolute atomic E-state index is 0.0498. The van der Waals surface area contributed by atoms with Crippen molar-refractivity contribution in [3.05, 3.63) is 84.7 Å². The summed E-state index contributed by atoms with van der Waals surface area (Å²) in [5.74, 6) is 0.999. The van der Waals surface area contributed by atoms with Crippen molar-refractivity contribution in [1.29, 1.82) is 0 Å². The molecule has 35 heavy (non-hydrogen) atoms. The third kappa shape index (κ3) is 5.55. The van der Waals surface area contributed by atoms with E-state index >= 15 is 0 Å². The van der Waals surface area contributed by atoms with Crippen molar-refractivity contribution in [3.63, 3.8) is 0 Å². The van der Waals surface area contributed by atoms with E-state index in [2.05, 4.69) is 20.2 Å². The predicted molar refractivity (Wildman–Crippen MR) is 138 cm³/mol. The summed E-state index contributed by atoms with van der Waals surface area (Å²) >= 11 is 1.77. The Morgan fingerprint density at radius 2 is 1.89 bits per heavy atom. The number of hydrogen-bond acceptors (Lipinski definition) is 7. The molecule has 1 aromatic heterocycles. The van der Waals surface area contributed by atoms with Crippen LogP contribution in [0.3, 0.4) is 0 Å². The monoisotopic (exact) mass is 486 g/mol. The van der Waals surface area contributed by atoms with E-state index in [0.717, 1.165) is 33.8 Å². The van der Waals surface area contributed by atoms with Crippen LogP contribution in [0.25, 0.3) is 11.0 Å². The van der Waals surface area contributed by atoms with Gasteiger partial charge in [0.15, 0.2) is 0 Å². The van der Waals surface area contributed by atoms with Crippen molar-refractivity contribution in [1.82, 2.24) is 14.9 Å². The number of aromatic nitrogens is 2. The summed E-state index contributed by atoms with van der Waals surface area (Å²) in [4.78, 5) is 25.4. The average Bonchev–Trinajstić information content (AvgIpc) is 3.26. The number of phenolic OH excluding ortho intramolecular Hbond substituents is 1. The minimum Gasteiger partial charge on any atom is -0.508 e. The maximum Gasteiger partial charge on any atom is 0.241 e. The highest BCUT2D eigenvalue weighted by molar-refractivity contribution is 8.00. The van der Waals surface area contributed by atoms with Crippen molar-refractivity contribution in [2.24, 2.45) is 0 Å². The number of benzene rings is 3. The van der Waals surface area contributed by atoms with Crippen molar-refractivity contribution < 1.29 is 14.6 Å². The topological polar surface area (TPSA) is 87.6 Å². The Bertz CT molecular complexity index is 1330. The summed E-state index contributed by atoms with van der Waals surface area (Å²) < 4.78 is 5.26. The van der Waals surface area contributed by atoms with Crippen LogP contribution in [0.2, 0.25) is 0 Å². The fourth-order valence-electron chi connectivity index (χ4n) is 4.40. The smallest absolute Gasteiger partial charge is 0.241 e. The van der Waals surface area contributed by atoms with Crippen LogP contribution in [0.15, 0.2) is 84.0 Å². The number of aromatic hydroxyl groups is 1. The number of likely N-dealkylation sites (tertiary alicyclic amines) is 1. The van der Waals surface area contributed by atoms with Gasteiger partial charge in [-0.15, -0.1) is 11.8 Å². The number of nitrogens with one attached hydrogen (secondary N) is 1. The Labute approximate surface area is 208 Å². The van der Waals surface area contributed by atoms with Crippen molar-refractivity contribution in [2.45, 2.75) is 29.2 Å². The Balaban J connectivity index is 1.34. The van der Waals surface area contributed by atoms with Crippen molar-refractivity contribution >= 4 is 34.4 Å². The van der Waals surface area contributed by atoms with Gasteiger partial charge in [0, 0.05) is 41.3 Å². The third-order valence-corrected chi connectivity index (χ3v) is 7.28. The van der Waals surface area contributed by atoms with Crippen molar-refractivity contribution in [3.8, 4) is 11.5 Å². The molecule has 1 amide bonds. The number of carbonyl (C=O) groups excluding carboxylic acids is 1. The zero-order valence-corrected chi connectivity index (χ0v) is 20.1. The number of fused-ring (bicyclic) bond motifs is 1. The number of thioether (sulfide) groups is 1. The van der Waals surface area contributed by atoms with E-state index in [1.165, 1.54) is 0 Å². The summed E-state index contributed by atoms with van der Waals surface area (Å²) in [5.41, 5.74) is 3.19. The molecule has 1 aliphatic rings. The molecule has 0 radical (unpaired) electrons. The summed E-state index contributed by atoms with van der Waals surface area (Å²) in [6, 6.07) is 20.5. The van der Waals surface area contributed by atoms with E-state index < -0.39 is 0 Å². The van der Waals surface area contributed by atoms with Crippen LogP contribution in [0, 0.1) is 0 Å². The van der Waals surface area contributed by atoms with Gasteiger partial charge in [0.05, 0.1) is 24.2 Å². The molecule has 2 atom stereocenters. The molecule has 2 heterocycles. The molecule has 8 heteroatoms. The quantitative estimate of drug-likeness (QED) is 0.391. The Morgan fingerprint density at radius 1 is 1.09 bits per heavy atom. The van der Waals surface area contributed by atoms with Crippen LogP contribution in [0.4, 0.5) is 5.69 Å². The van der Waals surface area contributed by atoms with E-state index in [4.69, 9.17) is 4.74 Å². The number of methoxy groups -OCH3 is 1. The average molecular weight is 487 g/mol. The predicted octanol–water partition coefficient (Wildman–Crippen LogP) is 4.72. The van der Waals surface area contributed by atoms with Gasteiger partial charge in [0.25, 0.3) is 0 Å². The van der Waals surface area contributed by atoms with Gasteiger partial charge in [-0.1, -0.05) is 12.1 Å². The fraction of sp³-hybridized carbons (Fsp3) is 0.222. The summed E-state index contributed by atoms with van der Waals surface area (Å²) in [6.07, 6.45) is 4.01. The molecule has 3 aromatic carbocycles. The van der Waals surface area contributed by atoms with Gasteiger partial charge >= 0.3 is 0 Å². The molecule has 2 N–H and O–H groups in total. The summed E-state index contributed by atoms with van der Waals surface area (Å²) in [7, 11) is 1.66. The number of ether oxygens (including phenoxy) is 1. The number of hydrogen-bond donors (Lipinski definition) is 2. The van der Waals surface area contributed by atoms with Crippen LogP contribution in [0.1, 0.15) is 12.0 Å². The molecule has 178 valence electrons. The fourth-order valence-corrected chi connectivity index (χ4v) is 5.62. The van der Waals surface area contributed by atoms with Crippen molar-refractivity contribution in [2.75, 3.05) is 19.0 Å². The molecule has 1 fully saturated rings. The van der Waals surface area contributed by atoms with E-state index in [1.807, 2.05) is 54.6 Å². The first-order valence-electron chi connectivity index (χ1n) is 11.4. The van der Waals surface area contributed by atoms with Gasteiger partial charge in [-0.05, 0) is 66.6 Å². The number of amides is 1. The van der Waals surface area contributed by atoms with Crippen LogP contribution < -0.4 is 10.1 Å². The van der Waals surface area contributed by atoms with Crippen LogP contribution in [-0.2, 0) is 11.3 Å². The van der Waals surface area contributed by atoms with E-state index in [9.17, 15) is 9.90 Å². The van der Waals surface area contributed by atoms with Crippen LogP contribution in [0.5, 0.6) is 11.5 Å². The molecule has 1 saturated heterocycles. The first-order chi connectivity index (χ1) is 17.1. The second-order valence-electron chi connectivity index (χ2n) is 8.52. The number of carbonyl (C=O) groups is 1. The summed E-state index contributed by atoms with van der Waals surface area (Å²) in [6.45, 7) is 1.34. The molecular formula is C27H26N4O3S. The second kappa shape index (κ2) is 10.3. The summed E-state index contributed by atoms with van der Waals surface area (Å²) in [5, 5.41) is 13.2. The molecule has 0 aliphatic carbocycles. The first kappa shape index (κ1) is 23.1. The first-order valence-corrected chi connectivity index (χ1v) is 12.3. The molecule has 0 bridgehead atoms. The van der Waals surface area contributed by atoms with Crippen LogP contribution in [-0.4, -0.2) is 50.8 Å². The highest BCUT2D eigenvalue weighted by Gasteiger charge is 2.37. The minimum atomic E-state index is -0.300. The third-order valence-electron chi connectivity index (χ3n) is 6.06. The van der Waals surface area contributed by atoms with Gasteiger partial charge in [-0.2, -0.15) is 0 Å². The molecule has 0 spiro atoms. The van der Waals surface area contributed by atoms with Gasteiger partial charge < -0.3 is 15.2 Å². The Hall–Kier alpha value is -3.62. The van der Waals surface area contributed by atoms with E-state index in [0.29, 0.717) is 18.7 Å². The molecule has 4 aromatic rings. The molecular weight excluding hydrogens is 460 g/mol.